The summed E-state index contributed by atoms with van der Waals surface area (Å²) in [6.07, 6.45) is 1.26. The van der Waals surface area contributed by atoms with Gasteiger partial charge in [0.25, 0.3) is 0 Å². The van der Waals surface area contributed by atoms with Crippen molar-refractivity contribution < 1.29 is 14.3 Å². The maximum Gasteiger partial charge on any atom is 0.412 e. The van der Waals surface area contributed by atoms with Crippen LogP contribution >= 0.6 is 0 Å². The Hall–Kier alpha value is -2.77. The van der Waals surface area contributed by atoms with Crippen LogP contribution in [0.2, 0.25) is 0 Å². The van der Waals surface area contributed by atoms with Gasteiger partial charge in [-0.1, -0.05) is 19.1 Å². The van der Waals surface area contributed by atoms with Crippen molar-refractivity contribution in [2.24, 2.45) is 4.99 Å². The molecule has 3 N–H and O–H groups in total. The third-order valence-electron chi connectivity index (χ3n) is 4.17. The van der Waals surface area contributed by atoms with E-state index in [1.54, 1.807) is 14.1 Å². The SMILES string of the molecule is CCC(C)NC(=NCC(=O)N(C)C)NCCc1ccc(NC(=O)OC(C)(C)C)cc1. The van der Waals surface area contributed by atoms with E-state index in [0.29, 0.717) is 18.2 Å². The van der Waals surface area contributed by atoms with Crippen molar-refractivity contribution in [3.05, 3.63) is 29.8 Å². The number of nitrogens with one attached hydrogen (secondary N) is 3. The summed E-state index contributed by atoms with van der Waals surface area (Å²) in [5.41, 5.74) is 1.27. The molecule has 0 bridgehead atoms. The summed E-state index contributed by atoms with van der Waals surface area (Å²) in [5.74, 6) is 0.580. The van der Waals surface area contributed by atoms with Crippen LogP contribution in [0.15, 0.2) is 29.3 Å². The number of guanidine groups is 1. The van der Waals surface area contributed by atoms with Gasteiger partial charge in [0.15, 0.2) is 5.96 Å². The Morgan fingerprint density at radius 1 is 1.17 bits per heavy atom. The van der Waals surface area contributed by atoms with Gasteiger partial charge in [-0.05, 0) is 58.2 Å². The normalized spacial score (nSPS) is 12.7. The largest absolute Gasteiger partial charge is 0.444 e. The van der Waals surface area contributed by atoms with Gasteiger partial charge in [-0.25, -0.2) is 9.79 Å². The van der Waals surface area contributed by atoms with Gasteiger partial charge in [0.2, 0.25) is 5.91 Å². The molecular formula is C22H37N5O3. The Bertz CT molecular complexity index is 708. The van der Waals surface area contributed by atoms with E-state index in [-0.39, 0.29) is 18.5 Å². The first-order valence-corrected chi connectivity index (χ1v) is 10.3. The van der Waals surface area contributed by atoms with E-state index in [1.165, 1.54) is 4.90 Å². The Labute approximate surface area is 180 Å². The Morgan fingerprint density at radius 2 is 1.80 bits per heavy atom. The highest BCUT2D eigenvalue weighted by atomic mass is 16.6. The molecule has 0 heterocycles. The molecule has 1 unspecified atom stereocenters. The minimum atomic E-state index is -0.532. The van der Waals surface area contributed by atoms with E-state index in [4.69, 9.17) is 4.74 Å². The van der Waals surface area contributed by atoms with E-state index < -0.39 is 11.7 Å². The summed E-state index contributed by atoms with van der Waals surface area (Å²) in [7, 11) is 3.43. The molecule has 0 saturated carbocycles. The summed E-state index contributed by atoms with van der Waals surface area (Å²) in [5, 5.41) is 9.30. The van der Waals surface area contributed by atoms with Gasteiger partial charge in [0, 0.05) is 32.4 Å². The average Bonchev–Trinajstić information content (AvgIpc) is 2.65. The van der Waals surface area contributed by atoms with E-state index in [0.717, 1.165) is 18.4 Å². The van der Waals surface area contributed by atoms with Crippen LogP contribution in [-0.4, -0.2) is 61.7 Å². The first-order valence-electron chi connectivity index (χ1n) is 10.3. The van der Waals surface area contributed by atoms with E-state index >= 15 is 0 Å². The number of nitrogens with zero attached hydrogens (tertiary/aromatic N) is 2. The number of hydrogen-bond acceptors (Lipinski definition) is 4. The van der Waals surface area contributed by atoms with Crippen molar-refractivity contribution in [2.45, 2.75) is 59.1 Å². The quantitative estimate of drug-likeness (QED) is 0.445. The first-order chi connectivity index (χ1) is 14.0. The molecule has 2 amide bonds. The molecule has 0 aliphatic rings. The van der Waals surface area contributed by atoms with Crippen LogP contribution in [0.25, 0.3) is 0 Å². The molecule has 0 radical (unpaired) electrons. The van der Waals surface area contributed by atoms with Crippen LogP contribution in [0.4, 0.5) is 10.5 Å². The molecule has 1 rings (SSSR count). The number of amides is 2. The predicted octanol–water partition coefficient (Wildman–Crippen LogP) is 3.00. The topological polar surface area (TPSA) is 95.1 Å². The van der Waals surface area contributed by atoms with Crippen molar-refractivity contribution in [1.82, 2.24) is 15.5 Å². The zero-order valence-electron chi connectivity index (χ0n) is 19.3. The van der Waals surface area contributed by atoms with Crippen LogP contribution in [0.1, 0.15) is 46.6 Å². The molecule has 1 aromatic carbocycles. The monoisotopic (exact) mass is 419 g/mol. The number of hydrogen-bond donors (Lipinski definition) is 3. The minimum Gasteiger partial charge on any atom is -0.444 e. The summed E-state index contributed by atoms with van der Waals surface area (Å²) in [6, 6.07) is 7.87. The van der Waals surface area contributed by atoms with Gasteiger partial charge >= 0.3 is 6.09 Å². The Kier molecular flexibility index (Phi) is 10.1. The second-order valence-corrected chi connectivity index (χ2v) is 8.41. The number of benzene rings is 1. The smallest absolute Gasteiger partial charge is 0.412 e. The lowest BCUT2D eigenvalue weighted by molar-refractivity contribution is -0.127. The molecule has 1 aromatic rings. The second kappa shape index (κ2) is 12.0. The first kappa shape index (κ1) is 25.3. The number of anilines is 1. The number of ether oxygens (including phenoxy) is 1. The van der Waals surface area contributed by atoms with Crippen molar-refractivity contribution in [1.29, 1.82) is 0 Å². The summed E-state index contributed by atoms with van der Waals surface area (Å²) < 4.78 is 5.25. The van der Waals surface area contributed by atoms with Crippen LogP contribution in [-0.2, 0) is 16.0 Å². The van der Waals surface area contributed by atoms with E-state index in [2.05, 4.69) is 34.8 Å². The number of carbonyl (C=O) groups excluding carboxylic acids is 2. The molecule has 0 saturated heterocycles. The van der Waals surface area contributed by atoms with Gasteiger partial charge in [-0.15, -0.1) is 0 Å². The fourth-order valence-electron chi connectivity index (χ4n) is 2.28. The molecular weight excluding hydrogens is 382 g/mol. The van der Waals surface area contributed by atoms with Crippen molar-refractivity contribution >= 4 is 23.6 Å². The molecule has 8 nitrogen and oxygen atoms in total. The van der Waals surface area contributed by atoms with Crippen molar-refractivity contribution in [2.75, 3.05) is 32.5 Å². The molecule has 0 aliphatic heterocycles. The molecule has 168 valence electrons. The predicted molar refractivity (Wildman–Crippen MR) is 122 cm³/mol. The minimum absolute atomic E-state index is 0.0478. The molecule has 0 aromatic heterocycles. The number of carbonyl (C=O) groups is 2. The van der Waals surface area contributed by atoms with Crippen LogP contribution in [0, 0.1) is 0 Å². The number of rotatable bonds is 8. The maximum absolute atomic E-state index is 11.8. The second-order valence-electron chi connectivity index (χ2n) is 8.41. The summed E-state index contributed by atoms with van der Waals surface area (Å²) in [6.45, 7) is 10.4. The lowest BCUT2D eigenvalue weighted by Crippen LogP contribution is -2.43. The molecule has 1 atom stereocenters. The zero-order valence-corrected chi connectivity index (χ0v) is 19.3. The number of likely N-dealkylation sites (N-methyl/N-ethyl adjacent to an activating group) is 1. The molecule has 0 spiro atoms. The zero-order chi connectivity index (χ0) is 22.7. The van der Waals surface area contributed by atoms with Gasteiger partial charge < -0.3 is 20.3 Å². The highest BCUT2D eigenvalue weighted by Crippen LogP contribution is 2.13. The molecule has 0 fully saturated rings. The summed E-state index contributed by atoms with van der Waals surface area (Å²) >= 11 is 0. The Balaban J connectivity index is 2.58. The van der Waals surface area contributed by atoms with Crippen LogP contribution in [0.3, 0.4) is 0 Å². The van der Waals surface area contributed by atoms with Crippen molar-refractivity contribution in [3.63, 3.8) is 0 Å². The van der Waals surface area contributed by atoms with Gasteiger partial charge in [-0.3, -0.25) is 10.1 Å². The maximum atomic E-state index is 11.8. The third kappa shape index (κ3) is 10.7. The lowest BCUT2D eigenvalue weighted by Gasteiger charge is -2.19. The van der Waals surface area contributed by atoms with E-state index in [1.807, 2.05) is 45.0 Å². The third-order valence-corrected chi connectivity index (χ3v) is 4.17. The van der Waals surface area contributed by atoms with Crippen LogP contribution < -0.4 is 16.0 Å². The fourth-order valence-corrected chi connectivity index (χ4v) is 2.28. The summed E-state index contributed by atoms with van der Waals surface area (Å²) in [4.78, 5) is 29.5. The van der Waals surface area contributed by atoms with Crippen LogP contribution in [0.5, 0.6) is 0 Å². The van der Waals surface area contributed by atoms with Gasteiger partial charge in [-0.2, -0.15) is 0 Å². The van der Waals surface area contributed by atoms with Gasteiger partial charge in [0.05, 0.1) is 0 Å². The fraction of sp³-hybridized carbons (Fsp3) is 0.591. The lowest BCUT2D eigenvalue weighted by atomic mass is 10.1. The highest BCUT2D eigenvalue weighted by molar-refractivity contribution is 5.85. The van der Waals surface area contributed by atoms with Crippen molar-refractivity contribution in [3.8, 4) is 0 Å². The molecule has 8 heteroatoms. The highest BCUT2D eigenvalue weighted by Gasteiger charge is 2.16. The molecule has 30 heavy (non-hydrogen) atoms. The Morgan fingerprint density at radius 3 is 2.33 bits per heavy atom. The molecule has 0 aliphatic carbocycles. The van der Waals surface area contributed by atoms with Gasteiger partial charge in [0.1, 0.15) is 12.1 Å². The number of aliphatic imine (C=N–C) groups is 1. The average molecular weight is 420 g/mol. The standard InChI is InChI=1S/C22H37N5O3/c1-8-16(2)25-20(24-15-19(28)27(6)7)23-14-13-17-9-11-18(12-10-17)26-21(29)30-22(3,4)5/h9-12,16H,8,13-15H2,1-7H3,(H,26,29)(H2,23,24,25). The van der Waals surface area contributed by atoms with E-state index in [9.17, 15) is 9.59 Å².